The van der Waals surface area contributed by atoms with Crippen LogP contribution in [0.1, 0.15) is 45.2 Å². The van der Waals surface area contributed by atoms with Crippen LogP contribution in [-0.4, -0.2) is 38.9 Å². The Morgan fingerprint density at radius 2 is 1.34 bits per heavy atom. The van der Waals surface area contributed by atoms with E-state index in [4.69, 9.17) is 18.5 Å². The first-order chi connectivity index (χ1) is 25.3. The zero-order chi connectivity index (χ0) is 37.6. The Morgan fingerprint density at radius 1 is 0.774 bits per heavy atom. The topological polar surface area (TPSA) is 90.8 Å². The molecule has 0 saturated carbocycles. The third kappa shape index (κ3) is 10.2. The van der Waals surface area contributed by atoms with Crippen LogP contribution in [-0.2, 0) is 57.2 Å². The number of aromatic amines is 1. The first-order valence-corrected chi connectivity index (χ1v) is 17.3. The van der Waals surface area contributed by atoms with Gasteiger partial charge in [-0.1, -0.05) is 72.8 Å². The lowest BCUT2D eigenvalue weighted by Crippen LogP contribution is -2.46. The van der Waals surface area contributed by atoms with Crippen LogP contribution in [0.15, 0.2) is 108 Å². The number of hydrogen-bond acceptors (Lipinski definition) is 7. The van der Waals surface area contributed by atoms with Gasteiger partial charge in [0.05, 0.1) is 50.1 Å². The van der Waals surface area contributed by atoms with Crippen LogP contribution >= 0.6 is 8.53 Å². The van der Waals surface area contributed by atoms with Crippen molar-refractivity contribution >= 4 is 8.53 Å². The van der Waals surface area contributed by atoms with Crippen molar-refractivity contribution in [3.05, 3.63) is 159 Å². The minimum atomic E-state index is -5.04. The van der Waals surface area contributed by atoms with Crippen molar-refractivity contribution < 1.29 is 49.3 Å². The molecular formula is C36H32F7N4O5P. The van der Waals surface area contributed by atoms with E-state index in [1.807, 2.05) is 60.7 Å². The average molecular weight is 765 g/mol. The Balaban J connectivity index is 1.24. The molecule has 0 aliphatic carbocycles. The molecular weight excluding hydrogens is 732 g/mol. The number of nitrogens with zero attached hydrogens (tertiary/aromatic N) is 3. The fourth-order valence-corrected chi connectivity index (χ4v) is 6.79. The van der Waals surface area contributed by atoms with Crippen LogP contribution in [0.3, 0.4) is 0 Å². The van der Waals surface area contributed by atoms with E-state index >= 15 is 0 Å². The highest BCUT2D eigenvalue weighted by molar-refractivity contribution is 7.45. The van der Waals surface area contributed by atoms with Crippen molar-refractivity contribution in [3.63, 3.8) is 0 Å². The van der Waals surface area contributed by atoms with E-state index in [9.17, 15) is 35.5 Å². The summed E-state index contributed by atoms with van der Waals surface area (Å²) in [6, 6.07) is 24.2. The Morgan fingerprint density at radius 3 is 1.89 bits per heavy atom. The Labute approximate surface area is 299 Å². The largest absolute Gasteiger partial charge is 0.416 e. The SMILES string of the molecule is O=c1[nH]c(CN2CCO[C@H](OCc3cc(C(F)(F)F)cc(C(F)(F)F)c3)[C@@H]2c2ccc(F)cc2)nn1P(OCc1ccccc1)OCc1ccccc1. The first kappa shape index (κ1) is 38.3. The summed E-state index contributed by atoms with van der Waals surface area (Å²) in [4.78, 5) is 17.8. The molecule has 1 aromatic heterocycles. The highest BCUT2D eigenvalue weighted by atomic mass is 31.2. The van der Waals surface area contributed by atoms with E-state index < -0.39 is 62.5 Å². The summed E-state index contributed by atoms with van der Waals surface area (Å²) in [6.07, 6.45) is -11.3. The van der Waals surface area contributed by atoms with Gasteiger partial charge in [0.1, 0.15) is 11.6 Å². The fraction of sp³-hybridized carbons (Fsp3) is 0.278. The molecule has 0 unspecified atom stereocenters. The van der Waals surface area contributed by atoms with Gasteiger partial charge in [0.15, 0.2) is 6.29 Å². The molecule has 2 heterocycles. The predicted octanol–water partition coefficient (Wildman–Crippen LogP) is 8.37. The van der Waals surface area contributed by atoms with E-state index in [0.29, 0.717) is 17.7 Å². The maximum absolute atomic E-state index is 14.0. The Kier molecular flexibility index (Phi) is 12.1. The number of rotatable bonds is 13. The van der Waals surface area contributed by atoms with Crippen LogP contribution < -0.4 is 5.69 Å². The van der Waals surface area contributed by atoms with Crippen molar-refractivity contribution in [2.45, 2.75) is 51.0 Å². The summed E-state index contributed by atoms with van der Waals surface area (Å²) in [5.74, 6) is -0.352. The maximum Gasteiger partial charge on any atom is 0.416 e. The highest BCUT2D eigenvalue weighted by Crippen LogP contribution is 2.41. The van der Waals surface area contributed by atoms with E-state index in [0.717, 1.165) is 15.6 Å². The van der Waals surface area contributed by atoms with Crippen molar-refractivity contribution in [1.29, 1.82) is 0 Å². The molecule has 9 nitrogen and oxygen atoms in total. The molecule has 5 aromatic rings. The number of halogens is 7. The lowest BCUT2D eigenvalue weighted by molar-refractivity contribution is -0.218. The second kappa shape index (κ2) is 16.7. The summed E-state index contributed by atoms with van der Waals surface area (Å²) < 4.78 is 120. The molecule has 17 heteroatoms. The predicted molar refractivity (Wildman–Crippen MR) is 178 cm³/mol. The van der Waals surface area contributed by atoms with Crippen molar-refractivity contribution in [2.24, 2.45) is 0 Å². The number of benzene rings is 4. The first-order valence-electron chi connectivity index (χ1n) is 16.2. The second-order valence-electron chi connectivity index (χ2n) is 12.0. The zero-order valence-electron chi connectivity index (χ0n) is 27.7. The van der Waals surface area contributed by atoms with E-state index in [2.05, 4.69) is 10.1 Å². The van der Waals surface area contributed by atoms with Crippen LogP contribution in [0.5, 0.6) is 0 Å². The molecule has 6 rings (SSSR count). The van der Waals surface area contributed by atoms with Crippen LogP contribution in [0, 0.1) is 5.82 Å². The third-order valence-electron chi connectivity index (χ3n) is 8.11. The van der Waals surface area contributed by atoms with Gasteiger partial charge in [-0.2, -0.15) is 26.3 Å². The fourth-order valence-electron chi connectivity index (χ4n) is 5.60. The number of ether oxygens (including phenoxy) is 2. The summed E-state index contributed by atoms with van der Waals surface area (Å²) >= 11 is 0. The Bertz CT molecular complexity index is 1920. The Hall–Kier alpha value is -4.44. The molecule has 53 heavy (non-hydrogen) atoms. The number of H-pyrrole nitrogens is 1. The smallest absolute Gasteiger partial charge is 0.349 e. The van der Waals surface area contributed by atoms with E-state index in [1.165, 1.54) is 24.3 Å². The molecule has 4 aromatic carbocycles. The highest BCUT2D eigenvalue weighted by Gasteiger charge is 2.38. The molecule has 0 amide bonds. The van der Waals surface area contributed by atoms with Gasteiger partial charge in [0.25, 0.3) is 0 Å². The molecule has 0 bridgehead atoms. The molecule has 280 valence electrons. The minimum Gasteiger partial charge on any atom is -0.349 e. The summed E-state index contributed by atoms with van der Waals surface area (Å²) in [6.45, 7) is -0.158. The van der Waals surface area contributed by atoms with Gasteiger partial charge in [0, 0.05) is 6.54 Å². The van der Waals surface area contributed by atoms with E-state index in [-0.39, 0.29) is 50.4 Å². The van der Waals surface area contributed by atoms with Crippen molar-refractivity contribution in [3.8, 4) is 0 Å². The summed E-state index contributed by atoms with van der Waals surface area (Å²) in [5, 5.41) is 4.49. The number of morpholine rings is 1. The summed E-state index contributed by atoms with van der Waals surface area (Å²) in [7, 11) is -2.06. The van der Waals surface area contributed by atoms with Gasteiger partial charge in [-0.05, 0) is 52.6 Å². The van der Waals surface area contributed by atoms with Crippen LogP contribution in [0.25, 0.3) is 0 Å². The standard InChI is InChI=1S/C36H32F7N4O5P/c37-30-13-11-27(12-14-30)32-33(50-21-26-17-28(35(38,39)40)19-29(18-26)36(41,42)43)49-16-15-46(32)20-31-44-34(48)47(45-31)53(51-22-24-7-3-1-4-8-24)52-23-25-9-5-2-6-10-25/h1-14,17-19,32-33H,15-16,20-23H2,(H,44,45,48)/t32-,33+/m0/s1. The normalized spacial score (nSPS) is 17.1. The molecule has 1 N–H and O–H groups in total. The maximum atomic E-state index is 14.0. The van der Waals surface area contributed by atoms with Crippen LogP contribution in [0.2, 0.25) is 0 Å². The number of nitrogens with one attached hydrogen (secondary N) is 1. The minimum absolute atomic E-state index is 0.0180. The quantitative estimate of drug-likeness (QED) is 0.0952. The van der Waals surface area contributed by atoms with Crippen molar-refractivity contribution in [1.82, 2.24) is 19.4 Å². The molecule has 2 atom stereocenters. The van der Waals surface area contributed by atoms with Gasteiger partial charge >= 0.3 is 26.6 Å². The molecule has 0 radical (unpaired) electrons. The van der Waals surface area contributed by atoms with Gasteiger partial charge in [-0.25, -0.2) is 9.18 Å². The number of hydrogen-bond donors (Lipinski definition) is 1. The number of alkyl halides is 6. The van der Waals surface area contributed by atoms with E-state index in [1.54, 1.807) is 4.90 Å². The molecule has 1 fully saturated rings. The van der Waals surface area contributed by atoms with Gasteiger partial charge in [0.2, 0.25) is 0 Å². The number of aromatic nitrogens is 3. The zero-order valence-corrected chi connectivity index (χ0v) is 28.6. The lowest BCUT2D eigenvalue weighted by atomic mass is 10.0. The molecule has 1 aliphatic heterocycles. The van der Waals surface area contributed by atoms with Crippen molar-refractivity contribution in [2.75, 3.05) is 13.2 Å². The van der Waals surface area contributed by atoms with Gasteiger partial charge < -0.3 is 18.5 Å². The molecule has 1 aliphatic rings. The molecule has 0 spiro atoms. The monoisotopic (exact) mass is 764 g/mol. The van der Waals surface area contributed by atoms with Crippen LogP contribution in [0.4, 0.5) is 30.7 Å². The van der Waals surface area contributed by atoms with Gasteiger partial charge in [-0.3, -0.25) is 9.88 Å². The second-order valence-corrected chi connectivity index (χ2v) is 13.3. The third-order valence-corrected chi connectivity index (χ3v) is 9.39. The average Bonchev–Trinajstić information content (AvgIpc) is 3.50. The lowest BCUT2D eigenvalue weighted by Gasteiger charge is -2.40. The van der Waals surface area contributed by atoms with Gasteiger partial charge in [-0.15, -0.1) is 9.55 Å². The summed E-state index contributed by atoms with van der Waals surface area (Å²) in [5.41, 5.74) is -1.80. The molecule has 1 saturated heterocycles.